The SMILES string of the molecule is CCCC(CCC)C(NN)C1CCOC2(CCC2)C1. The Balaban J connectivity index is 1.98. The number of hydrazine groups is 1. The first-order valence-corrected chi connectivity index (χ1v) is 8.34. The Morgan fingerprint density at radius 3 is 2.42 bits per heavy atom. The van der Waals surface area contributed by atoms with E-state index in [1.165, 1.54) is 57.8 Å². The summed E-state index contributed by atoms with van der Waals surface area (Å²) in [5, 5.41) is 0. The van der Waals surface area contributed by atoms with Crippen molar-refractivity contribution in [3.63, 3.8) is 0 Å². The Morgan fingerprint density at radius 2 is 1.95 bits per heavy atom. The molecule has 0 radical (unpaired) electrons. The number of rotatable bonds is 7. The summed E-state index contributed by atoms with van der Waals surface area (Å²) in [6.07, 6.45) is 11.4. The highest BCUT2D eigenvalue weighted by atomic mass is 16.5. The van der Waals surface area contributed by atoms with Crippen molar-refractivity contribution in [3.8, 4) is 0 Å². The van der Waals surface area contributed by atoms with E-state index in [1.54, 1.807) is 0 Å². The summed E-state index contributed by atoms with van der Waals surface area (Å²) >= 11 is 0. The van der Waals surface area contributed by atoms with Crippen molar-refractivity contribution in [1.29, 1.82) is 0 Å². The molecule has 3 heteroatoms. The number of hydrogen-bond acceptors (Lipinski definition) is 3. The van der Waals surface area contributed by atoms with Gasteiger partial charge in [-0.3, -0.25) is 11.3 Å². The minimum absolute atomic E-state index is 0.237. The normalized spacial score (nSPS) is 27.5. The number of nitrogens with one attached hydrogen (secondary N) is 1. The third-order valence-electron chi connectivity index (χ3n) is 5.32. The Hall–Kier alpha value is -0.120. The van der Waals surface area contributed by atoms with Crippen LogP contribution in [0.2, 0.25) is 0 Å². The molecule has 0 amide bonds. The van der Waals surface area contributed by atoms with Crippen LogP contribution in [0.1, 0.15) is 71.6 Å². The molecule has 112 valence electrons. The molecule has 2 unspecified atom stereocenters. The molecule has 1 saturated heterocycles. The van der Waals surface area contributed by atoms with Gasteiger partial charge >= 0.3 is 0 Å². The van der Waals surface area contributed by atoms with E-state index in [4.69, 9.17) is 10.6 Å². The van der Waals surface area contributed by atoms with Crippen LogP contribution in [0.25, 0.3) is 0 Å². The second-order valence-corrected chi connectivity index (χ2v) is 6.67. The van der Waals surface area contributed by atoms with Crippen LogP contribution < -0.4 is 11.3 Å². The van der Waals surface area contributed by atoms with Gasteiger partial charge in [0.1, 0.15) is 0 Å². The van der Waals surface area contributed by atoms with Crippen molar-refractivity contribution >= 4 is 0 Å². The van der Waals surface area contributed by atoms with Gasteiger partial charge in [0, 0.05) is 12.6 Å². The van der Waals surface area contributed by atoms with Gasteiger partial charge < -0.3 is 4.74 Å². The molecule has 0 aromatic carbocycles. The first-order chi connectivity index (χ1) is 9.24. The van der Waals surface area contributed by atoms with Crippen LogP contribution >= 0.6 is 0 Å². The van der Waals surface area contributed by atoms with Crippen molar-refractivity contribution in [2.75, 3.05) is 6.61 Å². The van der Waals surface area contributed by atoms with Crippen LogP contribution in [0.15, 0.2) is 0 Å². The third kappa shape index (κ3) is 3.50. The first-order valence-electron chi connectivity index (χ1n) is 8.34. The van der Waals surface area contributed by atoms with E-state index in [1.807, 2.05) is 0 Å². The highest BCUT2D eigenvalue weighted by Crippen LogP contribution is 2.46. The summed E-state index contributed by atoms with van der Waals surface area (Å²) in [5.41, 5.74) is 3.41. The summed E-state index contributed by atoms with van der Waals surface area (Å²) in [6, 6.07) is 0.487. The van der Waals surface area contributed by atoms with E-state index in [0.29, 0.717) is 12.0 Å². The smallest absolute Gasteiger partial charge is 0.0685 e. The summed E-state index contributed by atoms with van der Waals surface area (Å²) < 4.78 is 6.06. The molecule has 0 aromatic heterocycles. The average Bonchev–Trinajstić information content (AvgIpc) is 2.39. The zero-order chi connectivity index (χ0) is 13.7. The molecule has 0 aromatic rings. The van der Waals surface area contributed by atoms with Crippen LogP contribution in [-0.4, -0.2) is 18.2 Å². The predicted octanol–water partition coefficient (Wildman–Crippen LogP) is 3.38. The lowest BCUT2D eigenvalue weighted by molar-refractivity contribution is -0.149. The summed E-state index contributed by atoms with van der Waals surface area (Å²) in [4.78, 5) is 0. The molecule has 2 aliphatic rings. The maximum absolute atomic E-state index is 6.06. The molecule has 2 atom stereocenters. The second kappa shape index (κ2) is 7.05. The van der Waals surface area contributed by atoms with Gasteiger partial charge in [-0.2, -0.15) is 0 Å². The molecule has 19 heavy (non-hydrogen) atoms. The number of nitrogens with two attached hydrogens (primary N) is 1. The van der Waals surface area contributed by atoms with E-state index in [2.05, 4.69) is 19.3 Å². The van der Waals surface area contributed by atoms with E-state index in [0.717, 1.165) is 12.5 Å². The van der Waals surface area contributed by atoms with Gasteiger partial charge in [-0.15, -0.1) is 0 Å². The molecule has 1 saturated carbocycles. The molecule has 1 spiro atoms. The maximum Gasteiger partial charge on any atom is 0.0685 e. The van der Waals surface area contributed by atoms with Crippen LogP contribution in [0.4, 0.5) is 0 Å². The van der Waals surface area contributed by atoms with Gasteiger partial charge in [-0.05, 0) is 56.8 Å². The standard InChI is InChI=1S/C16H32N2O/c1-3-6-13(7-4-2)15(18-17)14-8-11-19-16(12-14)9-5-10-16/h13-15,18H,3-12,17H2,1-2H3. The molecule has 3 N–H and O–H groups in total. The summed E-state index contributed by atoms with van der Waals surface area (Å²) in [6.45, 7) is 5.51. The van der Waals surface area contributed by atoms with Crippen molar-refractivity contribution < 1.29 is 4.74 Å². The van der Waals surface area contributed by atoms with Crippen molar-refractivity contribution in [2.45, 2.75) is 83.3 Å². The van der Waals surface area contributed by atoms with E-state index >= 15 is 0 Å². The first kappa shape index (κ1) is 15.3. The molecule has 1 heterocycles. The fourth-order valence-electron chi connectivity index (χ4n) is 4.19. The van der Waals surface area contributed by atoms with Gasteiger partial charge in [-0.1, -0.05) is 26.7 Å². The largest absolute Gasteiger partial charge is 0.375 e. The molecule has 2 rings (SSSR count). The van der Waals surface area contributed by atoms with Crippen LogP contribution in [0.5, 0.6) is 0 Å². The Morgan fingerprint density at radius 1 is 1.26 bits per heavy atom. The number of hydrogen-bond donors (Lipinski definition) is 2. The Labute approximate surface area is 118 Å². The van der Waals surface area contributed by atoms with Crippen LogP contribution in [0.3, 0.4) is 0 Å². The number of ether oxygens (including phenoxy) is 1. The van der Waals surface area contributed by atoms with Gasteiger partial charge in [0.2, 0.25) is 0 Å². The van der Waals surface area contributed by atoms with Crippen molar-refractivity contribution in [2.24, 2.45) is 17.7 Å². The highest BCUT2D eigenvalue weighted by molar-refractivity contribution is 4.97. The van der Waals surface area contributed by atoms with Crippen LogP contribution in [-0.2, 0) is 4.74 Å². The lowest BCUT2D eigenvalue weighted by atomic mass is 9.68. The minimum Gasteiger partial charge on any atom is -0.375 e. The summed E-state index contributed by atoms with van der Waals surface area (Å²) in [7, 11) is 0. The van der Waals surface area contributed by atoms with Gasteiger partial charge in [-0.25, -0.2) is 0 Å². The molecule has 3 nitrogen and oxygen atoms in total. The van der Waals surface area contributed by atoms with Gasteiger partial charge in [0.15, 0.2) is 0 Å². The molecule has 0 bridgehead atoms. The Bertz CT molecular complexity index is 259. The average molecular weight is 268 g/mol. The second-order valence-electron chi connectivity index (χ2n) is 6.67. The predicted molar refractivity (Wildman–Crippen MR) is 79.7 cm³/mol. The molecular weight excluding hydrogens is 236 g/mol. The zero-order valence-corrected chi connectivity index (χ0v) is 12.8. The highest BCUT2D eigenvalue weighted by Gasteiger charge is 2.45. The molecule has 1 aliphatic carbocycles. The zero-order valence-electron chi connectivity index (χ0n) is 12.8. The van der Waals surface area contributed by atoms with Crippen molar-refractivity contribution in [1.82, 2.24) is 5.43 Å². The lowest BCUT2D eigenvalue weighted by Crippen LogP contribution is -2.53. The van der Waals surface area contributed by atoms with Crippen molar-refractivity contribution in [3.05, 3.63) is 0 Å². The fourth-order valence-corrected chi connectivity index (χ4v) is 4.19. The molecular formula is C16H32N2O. The van der Waals surface area contributed by atoms with Gasteiger partial charge in [0.05, 0.1) is 5.60 Å². The van der Waals surface area contributed by atoms with Gasteiger partial charge in [0.25, 0.3) is 0 Å². The fraction of sp³-hybridized carbons (Fsp3) is 1.00. The van der Waals surface area contributed by atoms with E-state index < -0.39 is 0 Å². The lowest BCUT2D eigenvalue weighted by Gasteiger charge is -2.49. The van der Waals surface area contributed by atoms with E-state index in [-0.39, 0.29) is 5.60 Å². The topological polar surface area (TPSA) is 47.3 Å². The van der Waals surface area contributed by atoms with Crippen LogP contribution in [0, 0.1) is 11.8 Å². The maximum atomic E-state index is 6.06. The quantitative estimate of drug-likeness (QED) is 0.549. The monoisotopic (exact) mass is 268 g/mol. The molecule has 1 aliphatic heterocycles. The third-order valence-corrected chi connectivity index (χ3v) is 5.32. The van der Waals surface area contributed by atoms with E-state index in [9.17, 15) is 0 Å². The summed E-state index contributed by atoms with van der Waals surface area (Å²) in [5.74, 6) is 7.37. The molecule has 2 fully saturated rings. The Kier molecular flexibility index (Phi) is 5.67. The minimum atomic E-state index is 0.237.